The van der Waals surface area contributed by atoms with Crippen LogP contribution < -0.4 is 12.4 Å². The van der Waals surface area contributed by atoms with Crippen LogP contribution in [0.15, 0.2) is 109 Å². The van der Waals surface area contributed by atoms with Crippen LogP contribution in [0.4, 0.5) is 0 Å². The van der Waals surface area contributed by atoms with Crippen molar-refractivity contribution in [2.24, 2.45) is 0 Å². The Kier molecular flexibility index (Phi) is 15.9. The van der Waals surface area contributed by atoms with E-state index in [1.807, 2.05) is 106 Å². The second-order valence-corrected chi connectivity index (χ2v) is 9.99. The zero-order valence-corrected chi connectivity index (χ0v) is 29.3. The van der Waals surface area contributed by atoms with E-state index >= 15 is 0 Å². The Balaban J connectivity index is 0.000000218. The summed E-state index contributed by atoms with van der Waals surface area (Å²) in [5.41, 5.74) is 6.88. The van der Waals surface area contributed by atoms with Crippen molar-refractivity contribution in [2.75, 3.05) is 0 Å². The first-order valence-electron chi connectivity index (χ1n) is 14.4. The maximum absolute atomic E-state index is 7.16. The second-order valence-electron chi connectivity index (χ2n) is 9.99. The van der Waals surface area contributed by atoms with Gasteiger partial charge in [-0.25, -0.2) is 4.98 Å². The summed E-state index contributed by atoms with van der Waals surface area (Å²) in [5.74, 6) is 3.64. The third kappa shape index (κ3) is 9.65. The van der Waals surface area contributed by atoms with Gasteiger partial charge in [-0.2, -0.15) is 0 Å². The third-order valence-electron chi connectivity index (χ3n) is 7.15. The maximum Gasteiger partial charge on any atom is 2.00 e. The molecule has 10 radical (unpaired) electrons. The predicted molar refractivity (Wildman–Crippen MR) is 178 cm³/mol. The van der Waals surface area contributed by atoms with Gasteiger partial charge in [-0.05, 0) is 112 Å². The number of hydrogen-bond donors (Lipinski definition) is 0. The van der Waals surface area contributed by atoms with Crippen molar-refractivity contribution < 1.29 is 50.5 Å². The zero-order chi connectivity index (χ0) is 30.0. The first-order valence-corrected chi connectivity index (χ1v) is 14.4. The molecule has 2 aliphatic carbocycles. The molecule has 8 rings (SSSR count). The molecule has 4 heterocycles. The molecule has 0 aliphatic heterocycles. The van der Waals surface area contributed by atoms with Crippen molar-refractivity contribution in [2.45, 2.75) is 6.54 Å². The van der Waals surface area contributed by atoms with Gasteiger partial charge in [-0.3, -0.25) is 9.97 Å². The van der Waals surface area contributed by atoms with E-state index in [0.29, 0.717) is 6.54 Å². The average Bonchev–Trinajstić information content (AvgIpc) is 3.91. The molecule has 0 N–H and O–H groups in total. The van der Waals surface area contributed by atoms with E-state index < -0.39 is 0 Å². The minimum atomic E-state index is 0. The van der Waals surface area contributed by atoms with E-state index in [1.165, 1.54) is 27.7 Å². The Morgan fingerprint density at radius 2 is 1.02 bits per heavy atom. The van der Waals surface area contributed by atoms with Crippen molar-refractivity contribution in [3.05, 3.63) is 185 Å². The Labute approximate surface area is 310 Å². The van der Waals surface area contributed by atoms with Crippen LogP contribution in [0.5, 0.6) is 0 Å². The molecule has 2 aliphatic rings. The van der Waals surface area contributed by atoms with Crippen LogP contribution >= 0.6 is 0 Å². The van der Waals surface area contributed by atoms with Gasteiger partial charge in [0.1, 0.15) is 0 Å². The predicted octanol–water partition coefficient (Wildman–Crippen LogP) is 5.36. The van der Waals surface area contributed by atoms with E-state index in [1.54, 1.807) is 12.4 Å². The first kappa shape index (κ1) is 38.2. The molecule has 0 bridgehead atoms. The summed E-state index contributed by atoms with van der Waals surface area (Å²) < 4.78 is 2.12. The molecule has 7 heteroatoms. The molecule has 4 nitrogen and oxygen atoms in total. The van der Waals surface area contributed by atoms with Gasteiger partial charge in [-0.15, -0.1) is 0 Å². The number of nitrogens with zero attached hydrogens (tertiary/aromatic N) is 4. The largest absolute Gasteiger partial charge is 2.00 e. The summed E-state index contributed by atoms with van der Waals surface area (Å²) in [7, 11) is 0. The summed E-state index contributed by atoms with van der Waals surface area (Å²) in [5, 5.41) is 2.49. The minimum absolute atomic E-state index is 0. The zero-order valence-electron chi connectivity index (χ0n) is 25.1. The molecule has 2 aromatic carbocycles. The van der Waals surface area contributed by atoms with Crippen molar-refractivity contribution in [3.63, 3.8) is 0 Å². The van der Waals surface area contributed by atoms with Crippen molar-refractivity contribution >= 4 is 21.8 Å². The van der Waals surface area contributed by atoms with E-state index in [9.17, 15) is 0 Å². The van der Waals surface area contributed by atoms with Gasteiger partial charge < -0.3 is 29.3 Å². The van der Waals surface area contributed by atoms with Crippen molar-refractivity contribution in [3.8, 4) is 28.7 Å². The molecular weight excluding hydrogens is 823 g/mol. The van der Waals surface area contributed by atoms with E-state index in [2.05, 4.69) is 69.7 Å². The molecule has 0 spiro atoms. The first-order chi connectivity index (χ1) is 21.8. The fraction of sp³-hybridized carbons (Fsp3) is 0.0250. The second kappa shape index (κ2) is 19.5. The van der Waals surface area contributed by atoms with Gasteiger partial charge in [0.2, 0.25) is 0 Å². The van der Waals surface area contributed by atoms with Crippen LogP contribution in [-0.4, -0.2) is 19.5 Å². The van der Waals surface area contributed by atoms with Gasteiger partial charge in [0.15, 0.2) is 0 Å². The molecule has 0 saturated heterocycles. The summed E-state index contributed by atoms with van der Waals surface area (Å²) in [6, 6.07) is 32.4. The van der Waals surface area contributed by atoms with Crippen LogP contribution in [0.1, 0.15) is 5.56 Å². The van der Waals surface area contributed by atoms with E-state index in [0.717, 1.165) is 28.3 Å². The fourth-order valence-electron chi connectivity index (χ4n) is 5.13. The number of para-hydroxylation sites is 2. The number of benzene rings is 2. The number of halogens is 1. The van der Waals surface area contributed by atoms with Gasteiger partial charge in [0.25, 0.3) is 0 Å². The van der Waals surface area contributed by atoms with Crippen LogP contribution in [0, 0.1) is 76.0 Å². The maximum atomic E-state index is 7.16. The molecular formula is C40H29ClFeN4Pt+2. The standard InChI is InChI=1S/C20H14N3.C15H10N.C5H5.ClH.Fe.Pt/c1-2-8-15(7-1)16-13-19(17-9-3-5-11-21-17)23-20(14-16)18-10-4-6-12-22-18;1-2-11-16-14-9-5-3-7-12(14)13-8-4-6-10-15(13)16;1-2-4-5-3-1;;;/h1-14H;3-10H,11H2;1-5H;1H;;/q;-1;;;2*+2/p-1. The van der Waals surface area contributed by atoms with Crippen LogP contribution in [0.2, 0.25) is 0 Å². The Hall–Kier alpha value is -3.25. The smallest absolute Gasteiger partial charge is 1.00 e. The summed E-state index contributed by atoms with van der Waals surface area (Å²) in [6.07, 6.45) is 29.0. The van der Waals surface area contributed by atoms with Crippen LogP contribution in [-0.2, 0) is 44.7 Å². The van der Waals surface area contributed by atoms with Crippen LogP contribution in [0.25, 0.3) is 44.6 Å². The number of fused-ring (bicyclic) bond motifs is 3. The third-order valence-corrected chi connectivity index (χ3v) is 7.15. The normalized spacial score (nSPS) is 13.5. The monoisotopic (exact) mass is 851 g/mol. The summed E-state index contributed by atoms with van der Waals surface area (Å²) in [4.78, 5) is 13.6. The number of aromatic nitrogens is 4. The molecule has 2 saturated carbocycles. The van der Waals surface area contributed by atoms with E-state index in [-0.39, 0.29) is 50.5 Å². The Morgan fingerprint density at radius 1 is 0.574 bits per heavy atom. The molecule has 47 heavy (non-hydrogen) atoms. The van der Waals surface area contributed by atoms with Crippen LogP contribution in [0.3, 0.4) is 0 Å². The fourth-order valence-corrected chi connectivity index (χ4v) is 5.13. The Morgan fingerprint density at radius 3 is 1.45 bits per heavy atom. The molecule has 0 unspecified atom stereocenters. The van der Waals surface area contributed by atoms with Crippen molar-refractivity contribution in [1.29, 1.82) is 0 Å². The number of pyridine rings is 3. The molecule has 0 amide bonds. The number of hydrogen-bond acceptors (Lipinski definition) is 3. The SMILES string of the molecule is [C-]#CCn1c2ccccc2c2ccccc21.[CH]1[CH][CH][CH][CH]1.[CH]1[CH][CH][C](c2cc(-c3ccccn3)nc(-c3ccccn3)c2)[CH]1.[Cl-].[Fe+2].[Pt+2]. The van der Waals surface area contributed by atoms with Gasteiger partial charge >= 0.3 is 38.1 Å². The Bertz CT molecular complexity index is 1720. The van der Waals surface area contributed by atoms with E-state index in [4.69, 9.17) is 11.4 Å². The summed E-state index contributed by atoms with van der Waals surface area (Å²) in [6.45, 7) is 0.508. The molecule has 2 fully saturated rings. The number of rotatable bonds is 4. The minimum Gasteiger partial charge on any atom is -1.00 e. The van der Waals surface area contributed by atoms with Gasteiger partial charge in [-0.1, -0.05) is 48.5 Å². The molecule has 232 valence electrons. The molecule has 4 aromatic heterocycles. The van der Waals surface area contributed by atoms with Gasteiger partial charge in [0, 0.05) is 46.7 Å². The summed E-state index contributed by atoms with van der Waals surface area (Å²) >= 11 is 0. The molecule has 0 atom stereocenters. The average molecular weight is 852 g/mol. The van der Waals surface area contributed by atoms with Crippen molar-refractivity contribution in [1.82, 2.24) is 19.5 Å². The van der Waals surface area contributed by atoms with Gasteiger partial charge in [0.05, 0.1) is 22.8 Å². The quantitative estimate of drug-likeness (QED) is 0.136. The topological polar surface area (TPSA) is 43.6 Å². The molecule has 6 aromatic rings.